The number of aliphatic hydroxyl groups is 1. The fourth-order valence-electron chi connectivity index (χ4n) is 3.00. The molecule has 2 atom stereocenters. The molecule has 2 heterocycles. The van der Waals surface area contributed by atoms with Crippen LogP contribution in [0.1, 0.15) is 40.2 Å². The van der Waals surface area contributed by atoms with Crippen LogP contribution in [-0.4, -0.2) is 41.4 Å². The smallest absolute Gasteiger partial charge is 0.251 e. The number of nitrogens with one attached hydrogen (secondary N) is 2. The van der Waals surface area contributed by atoms with E-state index in [-0.39, 0.29) is 11.9 Å². The van der Waals surface area contributed by atoms with Gasteiger partial charge >= 0.3 is 0 Å². The molecule has 3 N–H and O–H groups in total. The summed E-state index contributed by atoms with van der Waals surface area (Å²) in [4.78, 5) is 12.4. The van der Waals surface area contributed by atoms with E-state index < -0.39 is 6.10 Å². The van der Waals surface area contributed by atoms with Gasteiger partial charge in [-0.05, 0) is 57.5 Å². The van der Waals surface area contributed by atoms with Gasteiger partial charge in [-0.3, -0.25) is 4.79 Å². The SMILES string of the molecule is Cc1noc(C)c1COc1ccc(C(=O)NC2CNCCCC2O)cc1. The van der Waals surface area contributed by atoms with Gasteiger partial charge in [0.2, 0.25) is 0 Å². The summed E-state index contributed by atoms with van der Waals surface area (Å²) in [6.07, 6.45) is 1.07. The highest BCUT2D eigenvalue weighted by Crippen LogP contribution is 2.18. The predicted molar refractivity (Wildman–Crippen MR) is 96.1 cm³/mol. The first-order valence-corrected chi connectivity index (χ1v) is 8.89. The summed E-state index contributed by atoms with van der Waals surface area (Å²) in [6.45, 7) is 5.53. The van der Waals surface area contributed by atoms with E-state index in [1.54, 1.807) is 24.3 Å². The zero-order valence-electron chi connectivity index (χ0n) is 15.1. The van der Waals surface area contributed by atoms with Crippen molar-refractivity contribution in [3.8, 4) is 5.75 Å². The predicted octanol–water partition coefficient (Wildman–Crippen LogP) is 1.71. The summed E-state index contributed by atoms with van der Waals surface area (Å²) in [6, 6.07) is 6.67. The third-order valence-electron chi connectivity index (χ3n) is 4.68. The number of ether oxygens (including phenoxy) is 1. The van der Waals surface area contributed by atoms with Crippen molar-refractivity contribution in [3.63, 3.8) is 0 Å². The van der Waals surface area contributed by atoms with Gasteiger partial charge in [-0.15, -0.1) is 0 Å². The van der Waals surface area contributed by atoms with Gasteiger partial charge in [0.25, 0.3) is 5.91 Å². The summed E-state index contributed by atoms with van der Waals surface area (Å²) >= 11 is 0. The Kier molecular flexibility index (Phi) is 5.90. The van der Waals surface area contributed by atoms with E-state index in [0.717, 1.165) is 30.0 Å². The minimum Gasteiger partial charge on any atom is -0.489 e. The Bertz CT molecular complexity index is 722. The van der Waals surface area contributed by atoms with Gasteiger partial charge in [-0.1, -0.05) is 5.16 Å². The molecule has 0 saturated carbocycles. The van der Waals surface area contributed by atoms with E-state index in [0.29, 0.717) is 30.9 Å². The third kappa shape index (κ3) is 4.42. The van der Waals surface area contributed by atoms with Gasteiger partial charge in [-0.2, -0.15) is 0 Å². The summed E-state index contributed by atoms with van der Waals surface area (Å²) in [7, 11) is 0. The lowest BCUT2D eigenvalue weighted by molar-refractivity contribution is 0.0832. The molecular weight excluding hydrogens is 334 g/mol. The molecule has 1 saturated heterocycles. The average Bonchev–Trinajstić information content (AvgIpc) is 2.82. The number of hydrogen-bond acceptors (Lipinski definition) is 6. The van der Waals surface area contributed by atoms with E-state index in [1.807, 2.05) is 13.8 Å². The van der Waals surface area contributed by atoms with Crippen molar-refractivity contribution in [1.29, 1.82) is 0 Å². The Hall–Kier alpha value is -2.38. The number of aromatic nitrogens is 1. The van der Waals surface area contributed by atoms with Crippen LogP contribution in [0.5, 0.6) is 5.75 Å². The van der Waals surface area contributed by atoms with Crippen LogP contribution in [0.25, 0.3) is 0 Å². The lowest BCUT2D eigenvalue weighted by Gasteiger charge is -2.21. The number of carbonyl (C=O) groups is 1. The first-order chi connectivity index (χ1) is 12.5. The molecule has 26 heavy (non-hydrogen) atoms. The number of aliphatic hydroxyl groups excluding tert-OH is 1. The molecule has 1 aromatic heterocycles. The van der Waals surface area contributed by atoms with Gasteiger partial charge < -0.3 is 25.0 Å². The molecule has 0 spiro atoms. The second-order valence-corrected chi connectivity index (χ2v) is 6.61. The second-order valence-electron chi connectivity index (χ2n) is 6.61. The molecule has 140 valence electrons. The van der Waals surface area contributed by atoms with E-state index >= 15 is 0 Å². The molecule has 2 aromatic rings. The zero-order valence-corrected chi connectivity index (χ0v) is 15.1. The van der Waals surface area contributed by atoms with Gasteiger partial charge in [0.1, 0.15) is 18.1 Å². The topological polar surface area (TPSA) is 96.6 Å². The molecule has 3 rings (SSSR count). The molecule has 2 unspecified atom stereocenters. The van der Waals surface area contributed by atoms with Crippen molar-refractivity contribution in [2.24, 2.45) is 0 Å². The van der Waals surface area contributed by atoms with Crippen LogP contribution in [0, 0.1) is 13.8 Å². The lowest BCUT2D eigenvalue weighted by Crippen LogP contribution is -2.47. The molecule has 0 aliphatic carbocycles. The molecule has 7 heteroatoms. The molecule has 7 nitrogen and oxygen atoms in total. The van der Waals surface area contributed by atoms with Crippen LogP contribution in [-0.2, 0) is 6.61 Å². The number of rotatable bonds is 5. The highest BCUT2D eigenvalue weighted by Gasteiger charge is 2.23. The molecule has 1 amide bonds. The summed E-state index contributed by atoms with van der Waals surface area (Å²) in [5, 5.41) is 20.1. The number of nitrogens with zero attached hydrogens (tertiary/aromatic N) is 1. The van der Waals surface area contributed by atoms with E-state index in [2.05, 4.69) is 15.8 Å². The quantitative estimate of drug-likeness (QED) is 0.752. The van der Waals surface area contributed by atoms with Crippen molar-refractivity contribution >= 4 is 5.91 Å². The van der Waals surface area contributed by atoms with Gasteiger partial charge in [0.15, 0.2) is 0 Å². The zero-order chi connectivity index (χ0) is 18.5. The Morgan fingerprint density at radius 2 is 2.15 bits per heavy atom. The number of aryl methyl sites for hydroxylation is 2. The maximum atomic E-state index is 12.4. The van der Waals surface area contributed by atoms with Crippen LogP contribution < -0.4 is 15.4 Å². The maximum absolute atomic E-state index is 12.4. The molecular formula is C19H25N3O4. The number of carbonyl (C=O) groups excluding carboxylic acids is 1. The summed E-state index contributed by atoms with van der Waals surface area (Å²) < 4.78 is 10.9. The van der Waals surface area contributed by atoms with E-state index in [4.69, 9.17) is 9.26 Å². The second kappa shape index (κ2) is 8.33. The van der Waals surface area contributed by atoms with Crippen molar-refractivity contribution in [2.45, 2.75) is 45.4 Å². The van der Waals surface area contributed by atoms with Gasteiger partial charge in [-0.25, -0.2) is 0 Å². The third-order valence-corrected chi connectivity index (χ3v) is 4.68. The number of benzene rings is 1. The standard InChI is InChI=1S/C19H25N3O4/c1-12-16(13(2)26-22-12)11-25-15-7-5-14(6-8-15)19(24)21-17-10-20-9-3-4-18(17)23/h5-8,17-18,20,23H,3-4,9-11H2,1-2H3,(H,21,24). The Balaban J connectivity index is 1.57. The Morgan fingerprint density at radius 1 is 1.38 bits per heavy atom. The maximum Gasteiger partial charge on any atom is 0.251 e. The molecule has 0 radical (unpaired) electrons. The van der Waals surface area contributed by atoms with Crippen molar-refractivity contribution in [1.82, 2.24) is 15.8 Å². The monoisotopic (exact) mass is 359 g/mol. The Labute approximate surface area is 152 Å². The van der Waals surface area contributed by atoms with Crippen LogP contribution in [0.3, 0.4) is 0 Å². The lowest BCUT2D eigenvalue weighted by atomic mass is 10.1. The van der Waals surface area contributed by atoms with Crippen LogP contribution in [0.4, 0.5) is 0 Å². The van der Waals surface area contributed by atoms with Crippen LogP contribution in [0.2, 0.25) is 0 Å². The molecule has 1 aliphatic heterocycles. The van der Waals surface area contributed by atoms with E-state index in [1.165, 1.54) is 0 Å². The summed E-state index contributed by atoms with van der Waals surface area (Å²) in [5.41, 5.74) is 2.28. The normalized spacial score (nSPS) is 20.4. The minimum atomic E-state index is -0.522. The first kappa shape index (κ1) is 18.4. The van der Waals surface area contributed by atoms with Gasteiger partial charge in [0.05, 0.1) is 23.4 Å². The first-order valence-electron chi connectivity index (χ1n) is 8.89. The largest absolute Gasteiger partial charge is 0.489 e. The molecule has 0 bridgehead atoms. The fourth-order valence-corrected chi connectivity index (χ4v) is 3.00. The van der Waals surface area contributed by atoms with Gasteiger partial charge in [0, 0.05) is 12.1 Å². The highest BCUT2D eigenvalue weighted by atomic mass is 16.5. The van der Waals surface area contributed by atoms with E-state index in [9.17, 15) is 9.90 Å². The minimum absolute atomic E-state index is 0.199. The molecule has 1 fully saturated rings. The molecule has 1 aliphatic rings. The number of amides is 1. The molecule has 1 aromatic carbocycles. The van der Waals surface area contributed by atoms with Crippen molar-refractivity contribution < 1.29 is 19.2 Å². The fraction of sp³-hybridized carbons (Fsp3) is 0.474. The van der Waals surface area contributed by atoms with Crippen molar-refractivity contribution in [3.05, 3.63) is 46.8 Å². The summed E-state index contributed by atoms with van der Waals surface area (Å²) in [5.74, 6) is 1.21. The Morgan fingerprint density at radius 3 is 2.85 bits per heavy atom. The number of hydrogen-bond donors (Lipinski definition) is 3. The van der Waals surface area contributed by atoms with Crippen LogP contribution >= 0.6 is 0 Å². The van der Waals surface area contributed by atoms with Crippen molar-refractivity contribution in [2.75, 3.05) is 13.1 Å². The average molecular weight is 359 g/mol. The highest BCUT2D eigenvalue weighted by molar-refractivity contribution is 5.94. The van der Waals surface area contributed by atoms with Crippen LogP contribution in [0.15, 0.2) is 28.8 Å².